The highest BCUT2D eigenvalue weighted by Crippen LogP contribution is 2.29. The molecule has 2 rings (SSSR count). The van der Waals surface area contributed by atoms with Crippen LogP contribution in [0.5, 0.6) is 0 Å². The third-order valence-electron chi connectivity index (χ3n) is 3.78. The van der Waals surface area contributed by atoms with Crippen LogP contribution in [0.25, 0.3) is 11.0 Å². The fraction of sp³-hybridized carbons (Fsp3) is 0.562. The first kappa shape index (κ1) is 14.8. The molecular weight excluding hydrogens is 253 g/mol. The highest BCUT2D eigenvalue weighted by Gasteiger charge is 2.21. The first-order valence-corrected chi connectivity index (χ1v) is 7.34. The van der Waals surface area contributed by atoms with E-state index < -0.39 is 0 Å². The van der Waals surface area contributed by atoms with Crippen LogP contribution >= 0.6 is 0 Å². The number of aromatic nitrogens is 2. The van der Waals surface area contributed by atoms with Crippen molar-refractivity contribution in [1.29, 1.82) is 0 Å². The second kappa shape index (κ2) is 5.81. The van der Waals surface area contributed by atoms with E-state index in [1.165, 1.54) is 31.4 Å². The molecule has 110 valence electrons. The SMILES string of the molecule is CCCCCC(C)(C)Cn1c(N)nc2cc(F)ccc21. The molecule has 2 aromatic rings. The largest absolute Gasteiger partial charge is 0.369 e. The molecule has 0 aliphatic rings. The number of anilines is 1. The van der Waals surface area contributed by atoms with Gasteiger partial charge in [-0.2, -0.15) is 0 Å². The quantitative estimate of drug-likeness (QED) is 0.797. The van der Waals surface area contributed by atoms with Gasteiger partial charge in [0.15, 0.2) is 0 Å². The number of nitrogen functional groups attached to an aromatic ring is 1. The zero-order valence-electron chi connectivity index (χ0n) is 12.6. The van der Waals surface area contributed by atoms with Crippen LogP contribution in [0.4, 0.5) is 10.3 Å². The number of benzene rings is 1. The molecule has 0 saturated heterocycles. The first-order valence-electron chi connectivity index (χ1n) is 7.34. The van der Waals surface area contributed by atoms with Crippen LogP contribution in [0.3, 0.4) is 0 Å². The van der Waals surface area contributed by atoms with Gasteiger partial charge in [0.1, 0.15) is 5.82 Å². The summed E-state index contributed by atoms with van der Waals surface area (Å²) in [5.74, 6) is 0.193. The number of unbranched alkanes of at least 4 members (excludes halogenated alkanes) is 2. The maximum Gasteiger partial charge on any atom is 0.201 e. The highest BCUT2D eigenvalue weighted by atomic mass is 19.1. The molecule has 0 fully saturated rings. The van der Waals surface area contributed by atoms with E-state index in [9.17, 15) is 4.39 Å². The number of hydrogen-bond acceptors (Lipinski definition) is 2. The molecule has 20 heavy (non-hydrogen) atoms. The van der Waals surface area contributed by atoms with E-state index in [-0.39, 0.29) is 11.2 Å². The summed E-state index contributed by atoms with van der Waals surface area (Å²) in [5.41, 5.74) is 7.69. The maximum absolute atomic E-state index is 13.2. The van der Waals surface area contributed by atoms with Crippen LogP contribution < -0.4 is 5.73 Å². The molecule has 0 saturated carbocycles. The van der Waals surface area contributed by atoms with Gasteiger partial charge in [-0.05, 0) is 24.0 Å². The molecule has 0 amide bonds. The molecule has 3 nitrogen and oxygen atoms in total. The van der Waals surface area contributed by atoms with E-state index in [4.69, 9.17) is 5.73 Å². The van der Waals surface area contributed by atoms with E-state index in [0.29, 0.717) is 11.5 Å². The van der Waals surface area contributed by atoms with E-state index in [1.54, 1.807) is 6.07 Å². The third-order valence-corrected chi connectivity index (χ3v) is 3.78. The average molecular weight is 277 g/mol. The lowest BCUT2D eigenvalue weighted by Crippen LogP contribution is -2.20. The zero-order valence-corrected chi connectivity index (χ0v) is 12.6. The van der Waals surface area contributed by atoms with Crippen molar-refractivity contribution in [3.63, 3.8) is 0 Å². The monoisotopic (exact) mass is 277 g/mol. The van der Waals surface area contributed by atoms with Gasteiger partial charge in [0.05, 0.1) is 11.0 Å². The van der Waals surface area contributed by atoms with Crippen LogP contribution in [0, 0.1) is 11.2 Å². The highest BCUT2D eigenvalue weighted by molar-refractivity contribution is 5.78. The van der Waals surface area contributed by atoms with Crippen molar-refractivity contribution in [2.75, 3.05) is 5.73 Å². The Balaban J connectivity index is 2.22. The van der Waals surface area contributed by atoms with Gasteiger partial charge in [-0.1, -0.05) is 40.0 Å². The van der Waals surface area contributed by atoms with Crippen molar-refractivity contribution in [2.24, 2.45) is 5.41 Å². The molecule has 0 bridgehead atoms. The van der Waals surface area contributed by atoms with Crippen molar-refractivity contribution < 1.29 is 4.39 Å². The lowest BCUT2D eigenvalue weighted by molar-refractivity contribution is 0.276. The van der Waals surface area contributed by atoms with Gasteiger partial charge in [0.2, 0.25) is 5.95 Å². The number of nitrogens with zero attached hydrogens (tertiary/aromatic N) is 2. The summed E-state index contributed by atoms with van der Waals surface area (Å²) in [4.78, 5) is 4.26. The van der Waals surface area contributed by atoms with E-state index in [2.05, 4.69) is 25.8 Å². The topological polar surface area (TPSA) is 43.8 Å². The van der Waals surface area contributed by atoms with E-state index >= 15 is 0 Å². The van der Waals surface area contributed by atoms with Crippen LogP contribution in [0.2, 0.25) is 0 Å². The predicted molar refractivity (Wildman–Crippen MR) is 82.0 cm³/mol. The summed E-state index contributed by atoms with van der Waals surface area (Å²) in [5, 5.41) is 0. The molecule has 0 atom stereocenters. The van der Waals surface area contributed by atoms with E-state index in [0.717, 1.165) is 18.5 Å². The molecule has 0 radical (unpaired) electrons. The molecule has 1 aromatic heterocycles. The fourth-order valence-corrected chi connectivity index (χ4v) is 2.65. The Morgan fingerprint density at radius 3 is 2.75 bits per heavy atom. The molecule has 2 N–H and O–H groups in total. The van der Waals surface area contributed by atoms with Gasteiger partial charge in [0.25, 0.3) is 0 Å². The molecule has 1 aromatic carbocycles. The standard InChI is InChI=1S/C16H24FN3/c1-4-5-6-9-16(2,3)11-20-14-8-7-12(17)10-13(14)19-15(20)18/h7-8,10H,4-6,9,11H2,1-3H3,(H2,18,19). The Morgan fingerprint density at radius 2 is 2.05 bits per heavy atom. The van der Waals surface area contributed by atoms with Gasteiger partial charge >= 0.3 is 0 Å². The van der Waals surface area contributed by atoms with Crippen molar-refractivity contribution in [3.05, 3.63) is 24.0 Å². The number of imidazole rings is 1. The second-order valence-corrected chi connectivity index (χ2v) is 6.31. The van der Waals surface area contributed by atoms with Crippen molar-refractivity contribution in [3.8, 4) is 0 Å². The summed E-state index contributed by atoms with van der Waals surface area (Å²) in [6.45, 7) is 7.52. The van der Waals surface area contributed by atoms with Gasteiger partial charge < -0.3 is 10.3 Å². The Kier molecular flexibility index (Phi) is 4.31. The van der Waals surface area contributed by atoms with Crippen molar-refractivity contribution >= 4 is 17.0 Å². The summed E-state index contributed by atoms with van der Waals surface area (Å²) in [6, 6.07) is 4.66. The average Bonchev–Trinajstić information content (AvgIpc) is 2.65. The summed E-state index contributed by atoms with van der Waals surface area (Å²) >= 11 is 0. The predicted octanol–water partition coefficient (Wildman–Crippen LogP) is 4.36. The van der Waals surface area contributed by atoms with Gasteiger partial charge in [-0.3, -0.25) is 0 Å². The third kappa shape index (κ3) is 3.30. The lowest BCUT2D eigenvalue weighted by atomic mass is 9.86. The number of hydrogen-bond donors (Lipinski definition) is 1. The summed E-state index contributed by atoms with van der Waals surface area (Å²) in [7, 11) is 0. The van der Waals surface area contributed by atoms with Crippen LogP contribution in [-0.2, 0) is 6.54 Å². The number of rotatable bonds is 6. The number of nitrogens with two attached hydrogens (primary N) is 1. The first-order chi connectivity index (χ1) is 9.43. The molecule has 0 aliphatic carbocycles. The minimum Gasteiger partial charge on any atom is -0.369 e. The smallest absolute Gasteiger partial charge is 0.201 e. The molecule has 1 heterocycles. The normalized spacial score (nSPS) is 12.2. The Hall–Kier alpha value is -1.58. The van der Waals surface area contributed by atoms with Crippen LogP contribution in [-0.4, -0.2) is 9.55 Å². The van der Waals surface area contributed by atoms with E-state index in [1.807, 2.05) is 4.57 Å². The number of halogens is 1. The van der Waals surface area contributed by atoms with Crippen LogP contribution in [0.15, 0.2) is 18.2 Å². The Morgan fingerprint density at radius 1 is 1.30 bits per heavy atom. The molecule has 0 unspecified atom stereocenters. The molecule has 0 spiro atoms. The maximum atomic E-state index is 13.2. The minimum absolute atomic E-state index is 0.158. The Bertz CT molecular complexity index is 587. The molecular formula is C16H24FN3. The minimum atomic E-state index is -0.274. The van der Waals surface area contributed by atoms with Gasteiger partial charge in [-0.15, -0.1) is 0 Å². The lowest BCUT2D eigenvalue weighted by Gasteiger charge is -2.26. The van der Waals surface area contributed by atoms with Crippen molar-refractivity contribution in [2.45, 2.75) is 53.0 Å². The molecule has 0 aliphatic heterocycles. The van der Waals surface area contributed by atoms with Crippen molar-refractivity contribution in [1.82, 2.24) is 9.55 Å². The van der Waals surface area contributed by atoms with Gasteiger partial charge in [-0.25, -0.2) is 9.37 Å². The summed E-state index contributed by atoms with van der Waals surface area (Å²) < 4.78 is 15.2. The Labute approximate surface area is 120 Å². The second-order valence-electron chi connectivity index (χ2n) is 6.31. The number of fused-ring (bicyclic) bond motifs is 1. The van der Waals surface area contributed by atoms with Gasteiger partial charge in [0, 0.05) is 12.6 Å². The zero-order chi connectivity index (χ0) is 14.8. The van der Waals surface area contributed by atoms with Crippen LogP contribution in [0.1, 0.15) is 46.5 Å². The fourth-order valence-electron chi connectivity index (χ4n) is 2.65. The summed E-state index contributed by atoms with van der Waals surface area (Å²) in [6.07, 6.45) is 4.87. The molecule has 4 heteroatoms.